The van der Waals surface area contributed by atoms with Gasteiger partial charge in [0.15, 0.2) is 5.13 Å². The van der Waals surface area contributed by atoms with E-state index in [1.807, 2.05) is 0 Å². The second-order valence-electron chi connectivity index (χ2n) is 3.74. The number of hydrogen-bond acceptors (Lipinski definition) is 4. The molecule has 0 saturated carbocycles. The molecule has 0 unspecified atom stereocenters. The summed E-state index contributed by atoms with van der Waals surface area (Å²) >= 11 is 1.52. The molecule has 4 heteroatoms. The monoisotopic (exact) mass is 198 g/mol. The molecule has 0 aliphatic carbocycles. The van der Waals surface area contributed by atoms with E-state index in [0.717, 1.165) is 31.7 Å². The first-order valence-corrected chi connectivity index (χ1v) is 5.38. The van der Waals surface area contributed by atoms with Crippen LogP contribution in [0.15, 0.2) is 5.38 Å². The van der Waals surface area contributed by atoms with Crippen molar-refractivity contribution in [3.8, 4) is 0 Å². The van der Waals surface area contributed by atoms with Gasteiger partial charge in [-0.2, -0.15) is 0 Å². The van der Waals surface area contributed by atoms with Crippen molar-refractivity contribution in [1.29, 1.82) is 0 Å². The van der Waals surface area contributed by atoms with Crippen molar-refractivity contribution in [1.82, 2.24) is 4.98 Å². The minimum atomic E-state index is 0.187. The molecule has 0 amide bonds. The predicted molar refractivity (Wildman–Crippen MR) is 53.9 cm³/mol. The molecule has 72 valence electrons. The van der Waals surface area contributed by atoms with Gasteiger partial charge in [-0.3, -0.25) is 0 Å². The number of nitrogens with zero attached hydrogens (tertiary/aromatic N) is 1. The number of aromatic nitrogens is 1. The Labute approximate surface area is 81.9 Å². The Morgan fingerprint density at radius 2 is 2.23 bits per heavy atom. The molecule has 1 aliphatic rings. The van der Waals surface area contributed by atoms with Crippen LogP contribution in [0.4, 0.5) is 5.13 Å². The Morgan fingerprint density at radius 1 is 1.54 bits per heavy atom. The van der Waals surface area contributed by atoms with Gasteiger partial charge >= 0.3 is 0 Å². The number of rotatable bonds is 1. The lowest BCUT2D eigenvalue weighted by molar-refractivity contribution is 0.0553. The molecule has 0 atom stereocenters. The zero-order chi connectivity index (χ0) is 9.31. The molecule has 1 saturated heterocycles. The molecule has 1 aromatic rings. The van der Waals surface area contributed by atoms with Gasteiger partial charge in [0.25, 0.3) is 0 Å². The highest BCUT2D eigenvalue weighted by molar-refractivity contribution is 7.13. The van der Waals surface area contributed by atoms with Gasteiger partial charge in [0, 0.05) is 24.0 Å². The van der Waals surface area contributed by atoms with E-state index in [0.29, 0.717) is 5.13 Å². The predicted octanol–water partition coefficient (Wildman–Crippen LogP) is 1.79. The molecule has 0 bridgehead atoms. The molecule has 2 N–H and O–H groups in total. The van der Waals surface area contributed by atoms with E-state index in [2.05, 4.69) is 17.3 Å². The largest absolute Gasteiger partial charge is 0.381 e. The van der Waals surface area contributed by atoms with Crippen LogP contribution in [0, 0.1) is 0 Å². The van der Waals surface area contributed by atoms with Crippen molar-refractivity contribution in [2.75, 3.05) is 18.9 Å². The first-order valence-electron chi connectivity index (χ1n) is 4.50. The smallest absolute Gasteiger partial charge is 0.180 e. The van der Waals surface area contributed by atoms with Crippen molar-refractivity contribution in [3.05, 3.63) is 11.1 Å². The lowest BCUT2D eigenvalue weighted by Gasteiger charge is -2.31. The highest BCUT2D eigenvalue weighted by Crippen LogP contribution is 2.34. The summed E-state index contributed by atoms with van der Waals surface area (Å²) in [5.41, 5.74) is 6.94. The van der Waals surface area contributed by atoms with E-state index in [9.17, 15) is 0 Å². The summed E-state index contributed by atoms with van der Waals surface area (Å²) < 4.78 is 5.34. The fourth-order valence-electron chi connectivity index (χ4n) is 1.64. The number of ether oxygens (including phenoxy) is 1. The van der Waals surface area contributed by atoms with Crippen LogP contribution < -0.4 is 5.73 Å². The fraction of sp³-hybridized carbons (Fsp3) is 0.667. The summed E-state index contributed by atoms with van der Waals surface area (Å²) in [6, 6.07) is 0. The van der Waals surface area contributed by atoms with E-state index in [-0.39, 0.29) is 5.41 Å². The van der Waals surface area contributed by atoms with E-state index < -0.39 is 0 Å². The van der Waals surface area contributed by atoms with Gasteiger partial charge in [0.05, 0.1) is 5.69 Å². The van der Waals surface area contributed by atoms with Crippen molar-refractivity contribution in [2.45, 2.75) is 25.2 Å². The number of nitrogen functional groups attached to an aromatic ring is 1. The topological polar surface area (TPSA) is 48.1 Å². The Bertz CT molecular complexity index is 292. The normalized spacial score (nSPS) is 21.6. The molecule has 3 nitrogen and oxygen atoms in total. The zero-order valence-corrected chi connectivity index (χ0v) is 8.56. The minimum Gasteiger partial charge on any atom is -0.381 e. The van der Waals surface area contributed by atoms with Crippen molar-refractivity contribution in [2.24, 2.45) is 0 Å². The summed E-state index contributed by atoms with van der Waals surface area (Å²) in [5.74, 6) is 0. The Hall–Kier alpha value is -0.610. The second-order valence-corrected chi connectivity index (χ2v) is 4.63. The molecule has 2 rings (SSSR count). The first-order chi connectivity index (χ1) is 6.21. The molecule has 13 heavy (non-hydrogen) atoms. The van der Waals surface area contributed by atoms with Gasteiger partial charge in [-0.25, -0.2) is 4.98 Å². The molecule has 0 aromatic carbocycles. The molecule has 1 fully saturated rings. The molecule has 1 aliphatic heterocycles. The van der Waals surface area contributed by atoms with E-state index in [1.54, 1.807) is 0 Å². The third-order valence-electron chi connectivity index (χ3n) is 2.74. The van der Waals surface area contributed by atoms with Crippen molar-refractivity contribution < 1.29 is 4.74 Å². The summed E-state index contributed by atoms with van der Waals surface area (Å²) in [6.45, 7) is 3.92. The van der Waals surface area contributed by atoms with E-state index >= 15 is 0 Å². The molecule has 0 spiro atoms. The van der Waals surface area contributed by atoms with E-state index in [4.69, 9.17) is 10.5 Å². The Kier molecular flexibility index (Phi) is 2.26. The average molecular weight is 198 g/mol. The summed E-state index contributed by atoms with van der Waals surface area (Å²) in [5, 5.41) is 2.74. The van der Waals surface area contributed by atoms with E-state index in [1.165, 1.54) is 11.3 Å². The molecule has 1 aromatic heterocycles. The van der Waals surface area contributed by atoms with Gasteiger partial charge in [0.2, 0.25) is 0 Å². The Balaban J connectivity index is 2.22. The molecular formula is C9H14N2OS. The first kappa shape index (κ1) is 8.97. The molecule has 2 heterocycles. The van der Waals surface area contributed by atoms with Gasteiger partial charge in [0.1, 0.15) is 0 Å². The minimum absolute atomic E-state index is 0.187. The average Bonchev–Trinajstić information content (AvgIpc) is 2.54. The van der Waals surface area contributed by atoms with Gasteiger partial charge in [-0.15, -0.1) is 11.3 Å². The third-order valence-corrected chi connectivity index (χ3v) is 3.41. The summed E-state index contributed by atoms with van der Waals surface area (Å²) in [4.78, 5) is 4.35. The molecular weight excluding hydrogens is 184 g/mol. The third kappa shape index (κ3) is 1.69. The lowest BCUT2D eigenvalue weighted by Crippen LogP contribution is -2.30. The van der Waals surface area contributed by atoms with Crippen molar-refractivity contribution in [3.63, 3.8) is 0 Å². The van der Waals surface area contributed by atoms with Gasteiger partial charge in [-0.05, 0) is 12.8 Å². The lowest BCUT2D eigenvalue weighted by atomic mass is 9.80. The Morgan fingerprint density at radius 3 is 2.77 bits per heavy atom. The highest BCUT2D eigenvalue weighted by Gasteiger charge is 2.31. The number of hydrogen-bond donors (Lipinski definition) is 1. The standard InChI is InChI=1S/C9H14N2OS/c1-9(2-4-12-5-3-9)7-6-13-8(10)11-7/h6H,2-5H2,1H3,(H2,10,11). The zero-order valence-electron chi connectivity index (χ0n) is 7.75. The fourth-order valence-corrected chi connectivity index (χ4v) is 2.36. The van der Waals surface area contributed by atoms with Crippen LogP contribution in [-0.4, -0.2) is 18.2 Å². The SMILES string of the molecule is CC1(c2csc(N)n2)CCOCC1. The second kappa shape index (κ2) is 3.27. The number of nitrogens with two attached hydrogens (primary N) is 1. The van der Waals surface area contributed by atoms with Gasteiger partial charge in [-0.1, -0.05) is 6.92 Å². The van der Waals surface area contributed by atoms with Crippen LogP contribution in [0.5, 0.6) is 0 Å². The summed E-state index contributed by atoms with van der Waals surface area (Å²) in [7, 11) is 0. The van der Waals surface area contributed by atoms with Crippen LogP contribution in [-0.2, 0) is 10.2 Å². The summed E-state index contributed by atoms with van der Waals surface area (Å²) in [6.07, 6.45) is 2.10. The maximum Gasteiger partial charge on any atom is 0.180 e. The van der Waals surface area contributed by atoms with Crippen LogP contribution >= 0.6 is 11.3 Å². The van der Waals surface area contributed by atoms with Crippen LogP contribution in [0.1, 0.15) is 25.5 Å². The van der Waals surface area contributed by atoms with Crippen LogP contribution in [0.3, 0.4) is 0 Å². The maximum absolute atomic E-state index is 5.62. The van der Waals surface area contributed by atoms with Crippen LogP contribution in [0.2, 0.25) is 0 Å². The highest BCUT2D eigenvalue weighted by atomic mass is 32.1. The number of anilines is 1. The maximum atomic E-state index is 5.62. The number of thiazole rings is 1. The van der Waals surface area contributed by atoms with Crippen molar-refractivity contribution >= 4 is 16.5 Å². The quantitative estimate of drug-likeness (QED) is 0.748. The van der Waals surface area contributed by atoms with Gasteiger partial charge < -0.3 is 10.5 Å². The molecule has 0 radical (unpaired) electrons. The van der Waals surface area contributed by atoms with Crippen LogP contribution in [0.25, 0.3) is 0 Å².